The lowest BCUT2D eigenvalue weighted by atomic mass is 10.2. The van der Waals surface area contributed by atoms with Gasteiger partial charge in [-0.25, -0.2) is 4.39 Å². The Morgan fingerprint density at radius 1 is 1.11 bits per heavy atom. The summed E-state index contributed by atoms with van der Waals surface area (Å²) in [6.45, 7) is 0.0864. The number of carbonyl (C=O) groups is 1. The van der Waals surface area contributed by atoms with E-state index in [0.717, 1.165) is 0 Å². The fourth-order valence-electron chi connectivity index (χ4n) is 2.42. The van der Waals surface area contributed by atoms with Crippen LogP contribution in [0.15, 0.2) is 53.3 Å². The Bertz CT molecular complexity index is 1010. The minimum absolute atomic E-state index is 0.0481. The van der Waals surface area contributed by atoms with Crippen LogP contribution in [0.3, 0.4) is 0 Å². The first-order valence-electron chi connectivity index (χ1n) is 8.25. The molecule has 6 nitrogen and oxygen atoms in total. The quantitative estimate of drug-likeness (QED) is 0.681. The molecule has 1 aromatic heterocycles. The Labute approximate surface area is 159 Å². The molecule has 2 N–H and O–H groups in total. The van der Waals surface area contributed by atoms with Crippen LogP contribution < -0.4 is 10.9 Å². The number of amides is 1. The topological polar surface area (TPSA) is 87.7 Å². The Hall–Kier alpha value is -3.06. The van der Waals surface area contributed by atoms with Crippen molar-refractivity contribution in [3.63, 3.8) is 0 Å². The number of hydrogen-bond donors (Lipinski definition) is 2. The minimum atomic E-state index is -0.406. The van der Waals surface area contributed by atoms with Crippen molar-refractivity contribution in [1.82, 2.24) is 20.5 Å². The summed E-state index contributed by atoms with van der Waals surface area (Å²) in [6.07, 6.45) is 0.179. The second-order valence-electron chi connectivity index (χ2n) is 5.82. The molecule has 138 valence electrons. The van der Waals surface area contributed by atoms with Crippen LogP contribution in [-0.2, 0) is 17.8 Å². The van der Waals surface area contributed by atoms with E-state index in [2.05, 4.69) is 20.5 Å². The monoisotopic (exact) mass is 386 g/mol. The van der Waals surface area contributed by atoms with Crippen LogP contribution >= 0.6 is 11.6 Å². The molecule has 1 amide bonds. The number of nitrogens with one attached hydrogen (secondary N) is 2. The third kappa shape index (κ3) is 4.98. The van der Waals surface area contributed by atoms with Crippen molar-refractivity contribution in [2.24, 2.45) is 0 Å². The van der Waals surface area contributed by atoms with E-state index in [1.54, 1.807) is 42.5 Å². The zero-order valence-corrected chi connectivity index (χ0v) is 15.0. The summed E-state index contributed by atoms with van der Waals surface area (Å²) in [5, 5.41) is 11.1. The number of rotatable bonds is 6. The van der Waals surface area contributed by atoms with E-state index in [1.165, 1.54) is 6.07 Å². The molecular formula is C19H16ClFN4O2. The van der Waals surface area contributed by atoms with Gasteiger partial charge in [-0.05, 0) is 30.3 Å². The van der Waals surface area contributed by atoms with E-state index < -0.39 is 5.56 Å². The fraction of sp³-hybridized carbons (Fsp3) is 0.158. The molecule has 0 spiro atoms. The number of halogens is 2. The molecule has 0 fully saturated rings. The van der Waals surface area contributed by atoms with Gasteiger partial charge in [-0.1, -0.05) is 29.8 Å². The highest BCUT2D eigenvalue weighted by molar-refractivity contribution is 6.30. The van der Waals surface area contributed by atoms with Gasteiger partial charge in [-0.3, -0.25) is 9.59 Å². The molecule has 0 aliphatic rings. The number of benzene rings is 2. The highest BCUT2D eigenvalue weighted by atomic mass is 35.5. The van der Waals surface area contributed by atoms with E-state index in [-0.39, 0.29) is 36.8 Å². The molecule has 0 atom stereocenters. The Balaban J connectivity index is 1.58. The van der Waals surface area contributed by atoms with Crippen molar-refractivity contribution in [1.29, 1.82) is 0 Å². The Morgan fingerprint density at radius 3 is 2.56 bits per heavy atom. The summed E-state index contributed by atoms with van der Waals surface area (Å²) in [7, 11) is 0. The molecule has 0 aliphatic carbocycles. The third-order valence-corrected chi connectivity index (χ3v) is 4.16. The number of aromatic nitrogens is 3. The van der Waals surface area contributed by atoms with E-state index in [0.29, 0.717) is 22.0 Å². The first-order chi connectivity index (χ1) is 13.0. The second kappa shape index (κ2) is 8.55. The van der Waals surface area contributed by atoms with Gasteiger partial charge in [0.25, 0.3) is 5.56 Å². The van der Waals surface area contributed by atoms with Crippen molar-refractivity contribution in [2.75, 3.05) is 0 Å². The number of hydrogen-bond acceptors (Lipinski definition) is 4. The van der Waals surface area contributed by atoms with E-state index in [9.17, 15) is 14.0 Å². The Morgan fingerprint density at radius 2 is 1.85 bits per heavy atom. The molecule has 8 heteroatoms. The lowest BCUT2D eigenvalue weighted by molar-refractivity contribution is -0.121. The largest absolute Gasteiger partial charge is 0.352 e. The number of aryl methyl sites for hydroxylation is 1. The summed E-state index contributed by atoms with van der Waals surface area (Å²) < 4.78 is 13.5. The molecule has 0 saturated carbocycles. The van der Waals surface area contributed by atoms with Crippen LogP contribution in [0.1, 0.15) is 17.7 Å². The summed E-state index contributed by atoms with van der Waals surface area (Å²) >= 11 is 5.83. The summed E-state index contributed by atoms with van der Waals surface area (Å²) in [5.74, 6) is -0.358. The average molecular weight is 387 g/mol. The smallest absolute Gasteiger partial charge is 0.273 e. The van der Waals surface area contributed by atoms with Crippen molar-refractivity contribution in [3.05, 3.63) is 81.0 Å². The maximum absolute atomic E-state index is 13.5. The molecule has 27 heavy (non-hydrogen) atoms. The highest BCUT2D eigenvalue weighted by Gasteiger charge is 2.10. The van der Waals surface area contributed by atoms with Gasteiger partial charge >= 0.3 is 0 Å². The molecule has 3 aromatic rings. The first-order valence-corrected chi connectivity index (χ1v) is 8.62. The number of H-pyrrole nitrogens is 1. The van der Waals surface area contributed by atoms with Gasteiger partial charge in [0.1, 0.15) is 11.5 Å². The van der Waals surface area contributed by atoms with Gasteiger partial charge in [0.15, 0.2) is 5.82 Å². The van der Waals surface area contributed by atoms with Gasteiger partial charge in [0.05, 0.1) is 0 Å². The SMILES string of the molecule is O=C(CCc1nnc(-c2ccc(Cl)cc2)[nH]c1=O)NCc1ccccc1F. The van der Waals surface area contributed by atoms with E-state index in [4.69, 9.17) is 11.6 Å². The van der Waals surface area contributed by atoms with Crippen LogP contribution in [0.2, 0.25) is 5.02 Å². The predicted molar refractivity (Wildman–Crippen MR) is 99.7 cm³/mol. The third-order valence-electron chi connectivity index (χ3n) is 3.91. The van der Waals surface area contributed by atoms with Gasteiger partial charge in [-0.2, -0.15) is 0 Å². The summed E-state index contributed by atoms with van der Waals surface area (Å²) in [5.41, 5.74) is 0.833. The normalized spacial score (nSPS) is 10.6. The van der Waals surface area contributed by atoms with Gasteiger partial charge in [0, 0.05) is 35.5 Å². The van der Waals surface area contributed by atoms with Crippen LogP contribution in [-0.4, -0.2) is 21.1 Å². The van der Waals surface area contributed by atoms with Crippen molar-refractivity contribution < 1.29 is 9.18 Å². The molecule has 2 aromatic carbocycles. The molecule has 3 rings (SSSR count). The van der Waals surface area contributed by atoms with Crippen molar-refractivity contribution >= 4 is 17.5 Å². The van der Waals surface area contributed by atoms with Crippen LogP contribution in [0.25, 0.3) is 11.4 Å². The Kier molecular flexibility index (Phi) is 5.93. The lowest BCUT2D eigenvalue weighted by Crippen LogP contribution is -2.25. The highest BCUT2D eigenvalue weighted by Crippen LogP contribution is 2.16. The molecule has 0 bridgehead atoms. The second-order valence-corrected chi connectivity index (χ2v) is 6.26. The van der Waals surface area contributed by atoms with E-state index >= 15 is 0 Å². The maximum atomic E-state index is 13.5. The van der Waals surface area contributed by atoms with Gasteiger partial charge in [0.2, 0.25) is 5.91 Å². The standard InChI is InChI=1S/C19H16ClFN4O2/c20-14-7-5-12(6-8-14)18-23-19(27)16(24-25-18)9-10-17(26)22-11-13-3-1-2-4-15(13)21/h1-8H,9-11H2,(H,22,26)(H,23,25,27). The summed E-state index contributed by atoms with van der Waals surface area (Å²) in [4.78, 5) is 26.7. The molecular weight excluding hydrogens is 371 g/mol. The van der Waals surface area contributed by atoms with Crippen LogP contribution in [0.5, 0.6) is 0 Å². The van der Waals surface area contributed by atoms with Crippen molar-refractivity contribution in [2.45, 2.75) is 19.4 Å². The average Bonchev–Trinajstić information content (AvgIpc) is 2.67. The minimum Gasteiger partial charge on any atom is -0.352 e. The molecule has 0 saturated heterocycles. The zero-order chi connectivity index (χ0) is 19.2. The van der Waals surface area contributed by atoms with Crippen LogP contribution in [0.4, 0.5) is 4.39 Å². The lowest BCUT2D eigenvalue weighted by Gasteiger charge is -2.06. The van der Waals surface area contributed by atoms with Crippen LogP contribution in [0, 0.1) is 5.82 Å². The van der Waals surface area contributed by atoms with E-state index in [1.807, 2.05) is 0 Å². The van der Waals surface area contributed by atoms with Crippen molar-refractivity contribution in [3.8, 4) is 11.4 Å². The summed E-state index contributed by atoms with van der Waals surface area (Å²) in [6, 6.07) is 13.0. The number of carbonyl (C=O) groups excluding carboxylic acids is 1. The van der Waals surface area contributed by atoms with Gasteiger partial charge < -0.3 is 10.3 Å². The molecule has 0 aliphatic heterocycles. The number of aromatic amines is 1. The first kappa shape index (κ1) is 18.7. The maximum Gasteiger partial charge on any atom is 0.273 e. The van der Waals surface area contributed by atoms with Gasteiger partial charge in [-0.15, -0.1) is 10.2 Å². The zero-order valence-electron chi connectivity index (χ0n) is 14.2. The molecule has 0 radical (unpaired) electrons. The molecule has 1 heterocycles. The fourth-order valence-corrected chi connectivity index (χ4v) is 2.54. The number of nitrogens with zero attached hydrogens (tertiary/aromatic N) is 2. The predicted octanol–water partition coefficient (Wildman–Crippen LogP) is 2.87. The molecule has 0 unspecified atom stereocenters.